The summed E-state index contributed by atoms with van der Waals surface area (Å²) in [4.78, 5) is 14.3. The largest absolute Gasteiger partial charge is 0.476 e. The molecule has 0 spiro atoms. The molecule has 0 fully saturated rings. The van der Waals surface area contributed by atoms with E-state index in [1.54, 1.807) is 0 Å². The Morgan fingerprint density at radius 1 is 1.08 bits per heavy atom. The van der Waals surface area contributed by atoms with E-state index in [-0.39, 0.29) is 0 Å². The van der Waals surface area contributed by atoms with Gasteiger partial charge in [0.05, 0.1) is 11.2 Å². The molecule has 0 aliphatic heterocycles. The van der Waals surface area contributed by atoms with Crippen LogP contribution < -0.4 is 4.90 Å². The number of aromatic carboxylic acids is 1. The standard InChI is InChI=1S/C19H19BrN2O2/c1-3-21(4-2)17-16-14(20)11-8-12-15(16)22(18(17)19(23)24)13-9-6-5-7-10-13/h5-12H,3-4H2,1-2H3,(H,23,24). The lowest BCUT2D eigenvalue weighted by atomic mass is 10.2. The number of para-hydroxylation sites is 1. The molecule has 0 amide bonds. The summed E-state index contributed by atoms with van der Waals surface area (Å²) in [5.41, 5.74) is 2.79. The first-order valence-corrected chi connectivity index (χ1v) is 8.76. The molecule has 1 aromatic heterocycles. The minimum Gasteiger partial charge on any atom is -0.476 e. The van der Waals surface area contributed by atoms with Crippen molar-refractivity contribution in [2.75, 3.05) is 18.0 Å². The Kier molecular flexibility index (Phi) is 4.62. The Balaban J connectivity index is 2.50. The van der Waals surface area contributed by atoms with E-state index in [4.69, 9.17) is 0 Å². The quantitative estimate of drug-likeness (QED) is 0.675. The highest BCUT2D eigenvalue weighted by Gasteiger charge is 2.27. The van der Waals surface area contributed by atoms with E-state index in [2.05, 4.69) is 20.8 Å². The molecule has 1 heterocycles. The third-order valence-corrected chi connectivity index (χ3v) is 4.87. The predicted molar refractivity (Wildman–Crippen MR) is 101 cm³/mol. The van der Waals surface area contributed by atoms with E-state index >= 15 is 0 Å². The van der Waals surface area contributed by atoms with Crippen LogP contribution >= 0.6 is 15.9 Å². The first kappa shape index (κ1) is 16.6. The van der Waals surface area contributed by atoms with E-state index in [1.807, 2.05) is 66.9 Å². The molecule has 0 aliphatic carbocycles. The molecular formula is C19H19BrN2O2. The number of aromatic nitrogens is 1. The van der Waals surface area contributed by atoms with Gasteiger partial charge in [0.1, 0.15) is 0 Å². The zero-order valence-corrected chi connectivity index (χ0v) is 15.2. The SMILES string of the molecule is CCN(CC)c1c(C(=O)O)n(-c2ccccc2)c2cccc(Br)c12. The molecule has 0 bridgehead atoms. The zero-order valence-electron chi connectivity index (χ0n) is 13.7. The first-order valence-electron chi connectivity index (χ1n) is 7.96. The number of hydrogen-bond donors (Lipinski definition) is 1. The van der Waals surface area contributed by atoms with E-state index in [0.717, 1.165) is 39.8 Å². The number of fused-ring (bicyclic) bond motifs is 1. The maximum Gasteiger partial charge on any atom is 0.355 e. The normalized spacial score (nSPS) is 11.0. The number of hydrogen-bond acceptors (Lipinski definition) is 2. The van der Waals surface area contributed by atoms with Crippen molar-refractivity contribution in [3.8, 4) is 5.69 Å². The van der Waals surface area contributed by atoms with Gasteiger partial charge in [-0.05, 0) is 38.1 Å². The molecule has 2 aromatic carbocycles. The van der Waals surface area contributed by atoms with E-state index in [1.165, 1.54) is 0 Å². The fraction of sp³-hybridized carbons (Fsp3) is 0.211. The number of carboxylic acid groups (broad SMARTS) is 1. The number of carboxylic acids is 1. The summed E-state index contributed by atoms with van der Waals surface area (Å²) >= 11 is 3.61. The Bertz CT molecular complexity index is 883. The molecule has 24 heavy (non-hydrogen) atoms. The maximum atomic E-state index is 12.2. The summed E-state index contributed by atoms with van der Waals surface area (Å²) in [5, 5.41) is 10.9. The van der Waals surface area contributed by atoms with Crippen LogP contribution in [0.3, 0.4) is 0 Å². The smallest absolute Gasteiger partial charge is 0.355 e. The van der Waals surface area contributed by atoms with Gasteiger partial charge < -0.3 is 14.6 Å². The van der Waals surface area contributed by atoms with Crippen LogP contribution in [0.2, 0.25) is 0 Å². The highest BCUT2D eigenvalue weighted by atomic mass is 79.9. The second-order valence-corrected chi connectivity index (χ2v) is 6.33. The van der Waals surface area contributed by atoms with Gasteiger partial charge in [-0.3, -0.25) is 0 Å². The van der Waals surface area contributed by atoms with Crippen LogP contribution in [0.5, 0.6) is 0 Å². The number of rotatable bonds is 5. The number of benzene rings is 2. The molecule has 3 rings (SSSR count). The minimum absolute atomic E-state index is 0.298. The Morgan fingerprint density at radius 3 is 2.33 bits per heavy atom. The fourth-order valence-electron chi connectivity index (χ4n) is 3.17. The second-order valence-electron chi connectivity index (χ2n) is 5.48. The van der Waals surface area contributed by atoms with E-state index in [9.17, 15) is 9.90 Å². The lowest BCUT2D eigenvalue weighted by Crippen LogP contribution is -2.24. The summed E-state index contributed by atoms with van der Waals surface area (Å²) in [7, 11) is 0. The highest BCUT2D eigenvalue weighted by Crippen LogP contribution is 2.40. The van der Waals surface area contributed by atoms with Gasteiger partial charge in [-0.15, -0.1) is 0 Å². The van der Waals surface area contributed by atoms with Crippen LogP contribution in [0.15, 0.2) is 53.0 Å². The van der Waals surface area contributed by atoms with Crippen molar-refractivity contribution in [3.05, 3.63) is 58.7 Å². The molecule has 0 saturated carbocycles. The summed E-state index contributed by atoms with van der Waals surface area (Å²) in [6.45, 7) is 5.56. The second kappa shape index (κ2) is 6.69. The third-order valence-electron chi connectivity index (χ3n) is 4.21. The van der Waals surface area contributed by atoms with Crippen molar-refractivity contribution >= 4 is 38.5 Å². The minimum atomic E-state index is -0.927. The van der Waals surface area contributed by atoms with Crippen LogP contribution in [0.4, 0.5) is 5.69 Å². The molecule has 0 atom stereocenters. The molecule has 1 N–H and O–H groups in total. The lowest BCUT2D eigenvalue weighted by Gasteiger charge is -2.22. The van der Waals surface area contributed by atoms with Gasteiger partial charge >= 0.3 is 5.97 Å². The zero-order chi connectivity index (χ0) is 17.3. The Morgan fingerprint density at radius 2 is 1.75 bits per heavy atom. The molecule has 0 saturated heterocycles. The van der Waals surface area contributed by atoms with Crippen LogP contribution in [-0.4, -0.2) is 28.7 Å². The molecule has 124 valence electrons. The van der Waals surface area contributed by atoms with E-state index in [0.29, 0.717) is 5.69 Å². The van der Waals surface area contributed by atoms with Crippen LogP contribution in [0.25, 0.3) is 16.6 Å². The summed E-state index contributed by atoms with van der Waals surface area (Å²) in [6, 6.07) is 15.5. The van der Waals surface area contributed by atoms with Crippen LogP contribution in [0, 0.1) is 0 Å². The third kappa shape index (κ3) is 2.59. The summed E-state index contributed by atoms with van der Waals surface area (Å²) in [6.07, 6.45) is 0. The average molecular weight is 387 g/mol. The molecule has 4 nitrogen and oxygen atoms in total. The van der Waals surface area contributed by atoms with Crippen molar-refractivity contribution in [2.45, 2.75) is 13.8 Å². The van der Waals surface area contributed by atoms with Crippen molar-refractivity contribution in [1.29, 1.82) is 0 Å². The lowest BCUT2D eigenvalue weighted by molar-refractivity contribution is 0.0689. The molecule has 0 aliphatic rings. The molecule has 3 aromatic rings. The topological polar surface area (TPSA) is 45.5 Å². The fourth-order valence-corrected chi connectivity index (χ4v) is 3.71. The van der Waals surface area contributed by atoms with Crippen molar-refractivity contribution in [2.24, 2.45) is 0 Å². The number of carbonyl (C=O) groups is 1. The van der Waals surface area contributed by atoms with Gasteiger partial charge in [0.15, 0.2) is 5.69 Å². The van der Waals surface area contributed by atoms with Crippen LogP contribution in [-0.2, 0) is 0 Å². The number of nitrogens with zero attached hydrogens (tertiary/aromatic N) is 2. The molecule has 5 heteroatoms. The van der Waals surface area contributed by atoms with Crippen LogP contribution in [0.1, 0.15) is 24.3 Å². The van der Waals surface area contributed by atoms with Crippen molar-refractivity contribution < 1.29 is 9.90 Å². The van der Waals surface area contributed by atoms with Gasteiger partial charge in [0.2, 0.25) is 0 Å². The van der Waals surface area contributed by atoms with Gasteiger partial charge in [-0.1, -0.05) is 40.2 Å². The van der Waals surface area contributed by atoms with E-state index < -0.39 is 5.97 Å². The molecule has 0 unspecified atom stereocenters. The van der Waals surface area contributed by atoms with Gasteiger partial charge in [0, 0.05) is 28.6 Å². The monoisotopic (exact) mass is 386 g/mol. The summed E-state index contributed by atoms with van der Waals surface area (Å²) < 4.78 is 2.73. The average Bonchev–Trinajstić information content (AvgIpc) is 2.94. The first-order chi connectivity index (χ1) is 11.6. The highest BCUT2D eigenvalue weighted by molar-refractivity contribution is 9.10. The van der Waals surface area contributed by atoms with Gasteiger partial charge in [-0.25, -0.2) is 4.79 Å². The number of anilines is 1. The molecule has 0 radical (unpaired) electrons. The Labute approximate surface area is 149 Å². The Hall–Kier alpha value is -2.27. The molecular weight excluding hydrogens is 368 g/mol. The number of halogens is 1. The van der Waals surface area contributed by atoms with Crippen molar-refractivity contribution in [3.63, 3.8) is 0 Å². The van der Waals surface area contributed by atoms with Crippen molar-refractivity contribution in [1.82, 2.24) is 4.57 Å². The summed E-state index contributed by atoms with van der Waals surface area (Å²) in [5.74, 6) is -0.927. The van der Waals surface area contributed by atoms with Gasteiger partial charge in [0.25, 0.3) is 0 Å². The maximum absolute atomic E-state index is 12.2. The predicted octanol–water partition coefficient (Wildman–Crippen LogP) is 4.94. The van der Waals surface area contributed by atoms with Gasteiger partial charge in [-0.2, -0.15) is 0 Å².